The summed E-state index contributed by atoms with van der Waals surface area (Å²) < 4.78 is 30.2. The highest BCUT2D eigenvalue weighted by atomic mass is 16.7. The van der Waals surface area contributed by atoms with Gasteiger partial charge >= 0.3 is 12.1 Å². The van der Waals surface area contributed by atoms with E-state index < -0.39 is 52.8 Å². The van der Waals surface area contributed by atoms with Crippen molar-refractivity contribution in [1.82, 2.24) is 20.2 Å². The predicted molar refractivity (Wildman–Crippen MR) is 169 cm³/mol. The van der Waals surface area contributed by atoms with Gasteiger partial charge in [0, 0.05) is 31.2 Å². The summed E-state index contributed by atoms with van der Waals surface area (Å²) in [6, 6.07) is 8.58. The molecule has 3 aliphatic heterocycles. The van der Waals surface area contributed by atoms with E-state index in [0.717, 1.165) is 0 Å². The van der Waals surface area contributed by atoms with Crippen LogP contribution in [0.2, 0.25) is 0 Å². The summed E-state index contributed by atoms with van der Waals surface area (Å²) in [7, 11) is 0. The molecule has 6 rings (SSSR count). The lowest BCUT2D eigenvalue weighted by atomic mass is 9.85. The molecule has 0 saturated carbocycles. The molecule has 4 heterocycles. The molecule has 47 heavy (non-hydrogen) atoms. The van der Waals surface area contributed by atoms with Crippen molar-refractivity contribution < 1.29 is 43.2 Å². The first kappa shape index (κ1) is 32.1. The van der Waals surface area contributed by atoms with Crippen LogP contribution in [0.3, 0.4) is 0 Å². The number of hydrogen-bond donors (Lipinski definition) is 2. The number of ether oxygens (including phenoxy) is 5. The number of hydrogen-bond acceptors (Lipinski definition) is 10. The lowest BCUT2D eigenvalue weighted by Crippen LogP contribution is -2.57. The van der Waals surface area contributed by atoms with Crippen LogP contribution in [0, 0.1) is 10.8 Å². The van der Waals surface area contributed by atoms with E-state index in [4.69, 9.17) is 33.7 Å². The summed E-state index contributed by atoms with van der Waals surface area (Å²) in [5.74, 6) is -1.04. The summed E-state index contributed by atoms with van der Waals surface area (Å²) in [6.45, 7) is 12.9. The zero-order valence-corrected chi connectivity index (χ0v) is 27.6. The quantitative estimate of drug-likeness (QED) is 0.373. The van der Waals surface area contributed by atoms with E-state index >= 15 is 0 Å². The smallest absolute Gasteiger partial charge is 0.407 e. The fraction of sp³-hybridized carbons (Fsp3) is 0.500. The molecule has 1 aromatic heterocycles. The zero-order chi connectivity index (χ0) is 33.9. The SMILES string of the molecule is CC1(C)COC(=O)N[C@@H](C(C)(C)C)C(=O)N2C[C@@H](C[C@H]2C(=O)O)Oc2nc3c4c(ccc3nc2-c2cccc(c2)OC1)OC(C)(C)O4. The molecule has 1 fully saturated rings. The van der Waals surface area contributed by atoms with Gasteiger partial charge in [0.2, 0.25) is 17.6 Å². The predicted octanol–water partition coefficient (Wildman–Crippen LogP) is 4.80. The number of carbonyl (C=O) groups excluding carboxylic acids is 2. The number of carboxylic acids is 1. The van der Waals surface area contributed by atoms with Gasteiger partial charge in [-0.2, -0.15) is 0 Å². The fourth-order valence-corrected chi connectivity index (χ4v) is 5.85. The molecule has 0 radical (unpaired) electrons. The van der Waals surface area contributed by atoms with E-state index in [-0.39, 0.29) is 32.1 Å². The zero-order valence-electron chi connectivity index (χ0n) is 27.6. The number of alkyl carbamates (subject to hydrolysis) is 1. The van der Waals surface area contributed by atoms with Crippen molar-refractivity contribution in [2.45, 2.75) is 78.9 Å². The molecule has 3 aliphatic rings. The van der Waals surface area contributed by atoms with Crippen LogP contribution in [0.15, 0.2) is 36.4 Å². The first-order valence-electron chi connectivity index (χ1n) is 15.6. The van der Waals surface area contributed by atoms with Crippen LogP contribution in [0.5, 0.6) is 23.1 Å². The highest BCUT2D eigenvalue weighted by Gasteiger charge is 2.46. The van der Waals surface area contributed by atoms with Gasteiger partial charge < -0.3 is 39.0 Å². The van der Waals surface area contributed by atoms with Gasteiger partial charge in [0.1, 0.15) is 41.8 Å². The lowest BCUT2D eigenvalue weighted by Gasteiger charge is -2.34. The molecule has 2 N–H and O–H groups in total. The molecular formula is C34H40N4O9. The van der Waals surface area contributed by atoms with Crippen LogP contribution in [0.4, 0.5) is 4.79 Å². The van der Waals surface area contributed by atoms with Crippen molar-refractivity contribution in [1.29, 1.82) is 0 Å². The average molecular weight is 649 g/mol. The Labute approximate surface area is 272 Å². The van der Waals surface area contributed by atoms with Crippen LogP contribution >= 0.6 is 0 Å². The molecule has 3 atom stereocenters. The molecule has 0 aliphatic carbocycles. The Morgan fingerprint density at radius 2 is 1.77 bits per heavy atom. The van der Waals surface area contributed by atoms with E-state index in [0.29, 0.717) is 39.5 Å². The van der Waals surface area contributed by atoms with Crippen molar-refractivity contribution >= 4 is 29.0 Å². The maximum Gasteiger partial charge on any atom is 0.407 e. The molecule has 0 spiro atoms. The van der Waals surface area contributed by atoms with E-state index in [9.17, 15) is 19.5 Å². The Morgan fingerprint density at radius 3 is 2.49 bits per heavy atom. The van der Waals surface area contributed by atoms with Gasteiger partial charge in [-0.1, -0.05) is 46.8 Å². The van der Waals surface area contributed by atoms with Crippen molar-refractivity contribution in [3.05, 3.63) is 36.4 Å². The molecule has 3 aromatic rings. The third kappa shape index (κ3) is 6.56. The number of fused-ring (bicyclic) bond motifs is 9. The number of aliphatic carboxylic acids is 1. The third-order valence-electron chi connectivity index (χ3n) is 8.24. The molecule has 1 saturated heterocycles. The van der Waals surface area contributed by atoms with Gasteiger partial charge in [0.15, 0.2) is 11.5 Å². The number of cyclic esters (lactones) is 1. The number of rotatable bonds is 1. The van der Waals surface area contributed by atoms with Crippen molar-refractivity contribution in [3.63, 3.8) is 0 Å². The van der Waals surface area contributed by atoms with E-state index in [1.807, 2.05) is 38.1 Å². The minimum Gasteiger partial charge on any atom is -0.493 e. The second-order valence-electron chi connectivity index (χ2n) is 14.6. The van der Waals surface area contributed by atoms with E-state index in [1.54, 1.807) is 46.8 Å². The summed E-state index contributed by atoms with van der Waals surface area (Å²) in [6.07, 6.45) is -1.56. The molecule has 13 heteroatoms. The largest absolute Gasteiger partial charge is 0.493 e. The van der Waals surface area contributed by atoms with Gasteiger partial charge in [-0.15, -0.1) is 0 Å². The van der Waals surface area contributed by atoms with Crippen LogP contribution in [0.1, 0.15) is 54.9 Å². The first-order chi connectivity index (χ1) is 22.0. The molecule has 4 bridgehead atoms. The summed E-state index contributed by atoms with van der Waals surface area (Å²) in [4.78, 5) is 50.5. The van der Waals surface area contributed by atoms with Crippen LogP contribution in [-0.4, -0.2) is 81.7 Å². The van der Waals surface area contributed by atoms with Gasteiger partial charge in [0.25, 0.3) is 0 Å². The Balaban J connectivity index is 1.47. The highest BCUT2D eigenvalue weighted by Crippen LogP contribution is 2.45. The van der Waals surface area contributed by atoms with E-state index in [2.05, 4.69) is 5.32 Å². The number of nitrogens with zero attached hydrogens (tertiary/aromatic N) is 3. The number of carbonyl (C=O) groups is 3. The Bertz CT molecular complexity index is 1750. The first-order valence-corrected chi connectivity index (χ1v) is 15.6. The molecule has 250 valence electrons. The number of benzene rings is 2. The van der Waals surface area contributed by atoms with Crippen LogP contribution < -0.4 is 24.3 Å². The summed E-state index contributed by atoms with van der Waals surface area (Å²) in [5.41, 5.74) is 0.639. The van der Waals surface area contributed by atoms with E-state index in [1.165, 1.54) is 4.90 Å². The summed E-state index contributed by atoms with van der Waals surface area (Å²) in [5, 5.41) is 12.9. The minimum atomic E-state index is -1.20. The highest BCUT2D eigenvalue weighted by molar-refractivity contribution is 5.91. The van der Waals surface area contributed by atoms with Gasteiger partial charge in [-0.25, -0.2) is 19.6 Å². The molecule has 2 amide bonds. The normalized spacial score (nSPS) is 23.8. The number of aromatic nitrogens is 2. The number of nitrogens with one attached hydrogen (secondary N) is 1. The fourth-order valence-electron chi connectivity index (χ4n) is 5.85. The molecule has 2 aromatic carbocycles. The Hall–Kier alpha value is -4.81. The van der Waals surface area contributed by atoms with Crippen LogP contribution in [-0.2, 0) is 14.3 Å². The van der Waals surface area contributed by atoms with Crippen molar-refractivity contribution in [2.75, 3.05) is 19.8 Å². The molecule has 0 unspecified atom stereocenters. The number of carboxylic acid groups (broad SMARTS) is 1. The second-order valence-corrected chi connectivity index (χ2v) is 14.6. The number of amides is 2. The van der Waals surface area contributed by atoms with Gasteiger partial charge in [-0.3, -0.25) is 4.79 Å². The van der Waals surface area contributed by atoms with Gasteiger partial charge in [-0.05, 0) is 29.7 Å². The molecule has 13 nitrogen and oxygen atoms in total. The van der Waals surface area contributed by atoms with Gasteiger partial charge in [0.05, 0.1) is 18.7 Å². The minimum absolute atomic E-state index is 0.00810. The second kappa shape index (κ2) is 11.5. The maximum absolute atomic E-state index is 14.0. The van der Waals surface area contributed by atoms with Crippen molar-refractivity contribution in [3.8, 4) is 34.4 Å². The Kier molecular flexibility index (Phi) is 7.84. The van der Waals surface area contributed by atoms with Crippen molar-refractivity contribution in [2.24, 2.45) is 10.8 Å². The standard InChI is InChI=1S/C34H40N4O9/c1-32(2,3)27-29(39)38-15-20(14-22(38)30(40)41)45-28-24(35-21-11-12-23-26(25(21)36-28)47-34(6,7)46-23)18-9-8-10-19(13-18)43-16-33(4,5)17-44-31(42)37-27/h8-13,20,22,27H,14-17H2,1-7H3,(H,37,42)(H,40,41)/t20-,22+,27-/m1/s1. The monoisotopic (exact) mass is 648 g/mol. The van der Waals surface area contributed by atoms with Crippen LogP contribution in [0.25, 0.3) is 22.3 Å². The lowest BCUT2D eigenvalue weighted by molar-refractivity contribution is -0.150. The Morgan fingerprint density at radius 1 is 1.02 bits per heavy atom. The topological polar surface area (TPSA) is 159 Å². The average Bonchev–Trinajstić information content (AvgIpc) is 3.56. The maximum atomic E-state index is 14.0. The molecular weight excluding hydrogens is 608 g/mol. The summed E-state index contributed by atoms with van der Waals surface area (Å²) >= 11 is 0. The third-order valence-corrected chi connectivity index (χ3v) is 8.24.